The van der Waals surface area contributed by atoms with Gasteiger partial charge >= 0.3 is 0 Å². The molecule has 18 heavy (non-hydrogen) atoms. The lowest BCUT2D eigenvalue weighted by atomic mass is 10.1. The van der Waals surface area contributed by atoms with Crippen LogP contribution in [0.2, 0.25) is 0 Å². The minimum Gasteiger partial charge on any atom is -0.397 e. The number of fused-ring (bicyclic) bond motifs is 1. The summed E-state index contributed by atoms with van der Waals surface area (Å²) < 4.78 is 30.8. The second-order valence-corrected chi connectivity index (χ2v) is 6.35. The first kappa shape index (κ1) is 13.2. The first-order valence-electron chi connectivity index (χ1n) is 5.93. The largest absolute Gasteiger partial charge is 0.397 e. The standard InChI is InChI=1S/C12H18N2O3S/c1-17-8-3-9-18(15,16)14-7-6-10-4-2-5-11(13)12(10)14/h2,4-5H,3,6-9,13H2,1H3. The minimum atomic E-state index is -3.29. The van der Waals surface area contributed by atoms with E-state index in [4.69, 9.17) is 10.5 Å². The third-order valence-electron chi connectivity index (χ3n) is 3.07. The summed E-state index contributed by atoms with van der Waals surface area (Å²) in [6.07, 6.45) is 1.22. The van der Waals surface area contributed by atoms with Gasteiger partial charge in [0.1, 0.15) is 0 Å². The molecule has 0 fully saturated rings. The van der Waals surface area contributed by atoms with Gasteiger partial charge in [0, 0.05) is 20.3 Å². The molecule has 1 aliphatic rings. The first-order valence-corrected chi connectivity index (χ1v) is 7.54. The van der Waals surface area contributed by atoms with Crippen molar-refractivity contribution in [3.8, 4) is 0 Å². The van der Waals surface area contributed by atoms with E-state index >= 15 is 0 Å². The van der Waals surface area contributed by atoms with E-state index in [1.54, 1.807) is 13.2 Å². The number of para-hydroxylation sites is 1. The number of nitrogens with two attached hydrogens (primary N) is 1. The van der Waals surface area contributed by atoms with Crippen molar-refractivity contribution in [1.29, 1.82) is 0 Å². The smallest absolute Gasteiger partial charge is 0.235 e. The maximum atomic E-state index is 12.2. The number of sulfonamides is 1. The van der Waals surface area contributed by atoms with E-state index in [0.29, 0.717) is 30.9 Å². The Hall–Kier alpha value is -1.27. The predicted octanol–water partition coefficient (Wildman–Crippen LogP) is 0.998. The van der Waals surface area contributed by atoms with Gasteiger partial charge in [0.25, 0.3) is 0 Å². The van der Waals surface area contributed by atoms with Gasteiger partial charge in [0.2, 0.25) is 10.0 Å². The average molecular weight is 270 g/mol. The molecule has 1 aromatic rings. The highest BCUT2D eigenvalue weighted by atomic mass is 32.2. The summed E-state index contributed by atoms with van der Waals surface area (Å²) in [6.45, 7) is 0.934. The van der Waals surface area contributed by atoms with Gasteiger partial charge in [0.05, 0.1) is 17.1 Å². The lowest BCUT2D eigenvalue weighted by molar-refractivity contribution is 0.199. The van der Waals surface area contributed by atoms with Crippen LogP contribution in [0.25, 0.3) is 0 Å². The van der Waals surface area contributed by atoms with Crippen molar-refractivity contribution in [2.24, 2.45) is 0 Å². The molecule has 2 N–H and O–H groups in total. The van der Waals surface area contributed by atoms with Crippen LogP contribution in [-0.4, -0.2) is 34.4 Å². The molecule has 1 aliphatic heterocycles. The summed E-state index contributed by atoms with van der Waals surface area (Å²) in [5.74, 6) is 0.0919. The first-order chi connectivity index (χ1) is 8.56. The highest BCUT2D eigenvalue weighted by molar-refractivity contribution is 7.92. The zero-order chi connectivity index (χ0) is 13.2. The van der Waals surface area contributed by atoms with Crippen molar-refractivity contribution in [2.45, 2.75) is 12.8 Å². The number of hydrogen-bond donors (Lipinski definition) is 1. The number of benzene rings is 1. The molecule has 0 aromatic heterocycles. The summed E-state index contributed by atoms with van der Waals surface area (Å²) in [4.78, 5) is 0. The van der Waals surface area contributed by atoms with Gasteiger partial charge < -0.3 is 10.5 Å². The second-order valence-electron chi connectivity index (χ2n) is 4.34. The quantitative estimate of drug-likeness (QED) is 0.640. The Labute approximate surface area is 108 Å². The molecule has 0 bridgehead atoms. The van der Waals surface area contributed by atoms with Crippen LogP contribution in [0.3, 0.4) is 0 Å². The van der Waals surface area contributed by atoms with Gasteiger partial charge in [-0.25, -0.2) is 8.42 Å². The Morgan fingerprint density at radius 1 is 1.44 bits per heavy atom. The van der Waals surface area contributed by atoms with Crippen LogP contribution in [0, 0.1) is 0 Å². The maximum Gasteiger partial charge on any atom is 0.235 e. The van der Waals surface area contributed by atoms with Gasteiger partial charge in [-0.15, -0.1) is 0 Å². The third-order valence-corrected chi connectivity index (χ3v) is 4.91. The maximum absolute atomic E-state index is 12.2. The van der Waals surface area contributed by atoms with Crippen molar-refractivity contribution in [3.05, 3.63) is 23.8 Å². The summed E-state index contributed by atoms with van der Waals surface area (Å²) in [5, 5.41) is 0. The van der Waals surface area contributed by atoms with Crippen LogP contribution in [0.15, 0.2) is 18.2 Å². The average Bonchev–Trinajstić information content (AvgIpc) is 2.75. The topological polar surface area (TPSA) is 72.6 Å². The molecule has 0 aliphatic carbocycles. The van der Waals surface area contributed by atoms with E-state index in [2.05, 4.69) is 0 Å². The molecule has 1 heterocycles. The monoisotopic (exact) mass is 270 g/mol. The Morgan fingerprint density at radius 2 is 2.22 bits per heavy atom. The Morgan fingerprint density at radius 3 is 2.94 bits per heavy atom. The van der Waals surface area contributed by atoms with Crippen molar-refractivity contribution in [2.75, 3.05) is 36.1 Å². The van der Waals surface area contributed by atoms with E-state index < -0.39 is 10.0 Å². The molecule has 0 saturated heterocycles. The summed E-state index contributed by atoms with van der Waals surface area (Å²) in [5.41, 5.74) is 8.08. The molecular weight excluding hydrogens is 252 g/mol. The fourth-order valence-corrected chi connectivity index (χ4v) is 3.80. The number of hydrogen-bond acceptors (Lipinski definition) is 4. The van der Waals surface area contributed by atoms with Gasteiger partial charge in [0.15, 0.2) is 0 Å². The molecular formula is C12H18N2O3S. The van der Waals surface area contributed by atoms with E-state index in [9.17, 15) is 8.42 Å². The molecule has 0 amide bonds. The molecule has 0 spiro atoms. The summed E-state index contributed by atoms with van der Waals surface area (Å²) in [6, 6.07) is 5.52. The zero-order valence-electron chi connectivity index (χ0n) is 10.4. The van der Waals surface area contributed by atoms with E-state index in [1.165, 1.54) is 4.31 Å². The van der Waals surface area contributed by atoms with Gasteiger partial charge in [-0.3, -0.25) is 4.31 Å². The number of ether oxygens (including phenoxy) is 1. The number of rotatable bonds is 5. The van der Waals surface area contributed by atoms with E-state index in [0.717, 1.165) is 12.0 Å². The highest BCUT2D eigenvalue weighted by Gasteiger charge is 2.30. The van der Waals surface area contributed by atoms with Gasteiger partial charge in [-0.1, -0.05) is 12.1 Å². The predicted molar refractivity (Wildman–Crippen MR) is 72.2 cm³/mol. The van der Waals surface area contributed by atoms with Crippen molar-refractivity contribution in [1.82, 2.24) is 0 Å². The molecule has 100 valence electrons. The fraction of sp³-hybridized carbons (Fsp3) is 0.500. The second kappa shape index (κ2) is 5.16. The SMILES string of the molecule is COCCCS(=O)(=O)N1CCc2cccc(N)c21. The summed E-state index contributed by atoms with van der Waals surface area (Å²) in [7, 11) is -1.73. The molecule has 2 rings (SSSR count). The van der Waals surface area contributed by atoms with Crippen molar-refractivity contribution < 1.29 is 13.2 Å². The van der Waals surface area contributed by atoms with Crippen LogP contribution < -0.4 is 10.0 Å². The number of nitrogen functional groups attached to an aromatic ring is 1. The molecule has 5 nitrogen and oxygen atoms in total. The fourth-order valence-electron chi connectivity index (χ4n) is 2.22. The van der Waals surface area contributed by atoms with Crippen LogP contribution in [0.1, 0.15) is 12.0 Å². The number of nitrogens with zero attached hydrogens (tertiary/aromatic N) is 1. The number of methoxy groups -OCH3 is 1. The summed E-state index contributed by atoms with van der Waals surface area (Å²) >= 11 is 0. The van der Waals surface area contributed by atoms with Crippen molar-refractivity contribution in [3.63, 3.8) is 0 Å². The highest BCUT2D eigenvalue weighted by Crippen LogP contribution is 2.35. The Balaban J connectivity index is 2.22. The lowest BCUT2D eigenvalue weighted by Crippen LogP contribution is -2.32. The normalized spacial score (nSPS) is 14.8. The molecule has 0 radical (unpaired) electrons. The van der Waals surface area contributed by atoms with E-state index in [-0.39, 0.29) is 5.75 Å². The Kier molecular flexibility index (Phi) is 3.77. The molecule has 0 saturated carbocycles. The van der Waals surface area contributed by atoms with E-state index in [1.807, 2.05) is 12.1 Å². The lowest BCUT2D eigenvalue weighted by Gasteiger charge is -2.20. The van der Waals surface area contributed by atoms with Gasteiger partial charge in [-0.2, -0.15) is 0 Å². The Bertz CT molecular complexity index is 528. The van der Waals surface area contributed by atoms with Crippen LogP contribution >= 0.6 is 0 Å². The molecule has 0 atom stereocenters. The van der Waals surface area contributed by atoms with Crippen molar-refractivity contribution >= 4 is 21.4 Å². The van der Waals surface area contributed by atoms with Crippen LogP contribution in [-0.2, 0) is 21.2 Å². The molecule has 0 unspecified atom stereocenters. The molecule has 6 heteroatoms. The zero-order valence-corrected chi connectivity index (χ0v) is 11.2. The third kappa shape index (κ3) is 2.44. The van der Waals surface area contributed by atoms with Gasteiger partial charge in [-0.05, 0) is 24.5 Å². The molecule has 1 aromatic carbocycles. The van der Waals surface area contributed by atoms with Crippen LogP contribution in [0.5, 0.6) is 0 Å². The van der Waals surface area contributed by atoms with Crippen LogP contribution in [0.4, 0.5) is 11.4 Å². The minimum absolute atomic E-state index is 0.0919. The number of anilines is 2.